The Labute approximate surface area is 101 Å². The normalized spacial score (nSPS) is 15.5. The minimum atomic E-state index is 0.141. The number of aromatic nitrogens is 3. The molecular weight excluding hydrogens is 218 g/mol. The van der Waals surface area contributed by atoms with Crippen molar-refractivity contribution in [3.8, 4) is 0 Å². The second kappa shape index (κ2) is 5.77. The van der Waals surface area contributed by atoms with Gasteiger partial charge in [0, 0.05) is 19.6 Å². The smallest absolute Gasteiger partial charge is 0.244 e. The summed E-state index contributed by atoms with van der Waals surface area (Å²) in [5.41, 5.74) is 0.876. The highest BCUT2D eigenvalue weighted by Crippen LogP contribution is 2.08. The van der Waals surface area contributed by atoms with E-state index in [9.17, 15) is 4.79 Å². The predicted octanol–water partition coefficient (Wildman–Crippen LogP) is 0.0100. The second-order valence-electron chi connectivity index (χ2n) is 4.28. The zero-order chi connectivity index (χ0) is 12.1. The summed E-state index contributed by atoms with van der Waals surface area (Å²) in [7, 11) is 0. The molecule has 17 heavy (non-hydrogen) atoms. The topological polar surface area (TPSA) is 63.1 Å². The molecule has 1 N–H and O–H groups in total. The van der Waals surface area contributed by atoms with Crippen LogP contribution >= 0.6 is 0 Å². The molecule has 6 heteroatoms. The number of nitrogens with zero attached hydrogens (tertiary/aromatic N) is 4. The van der Waals surface area contributed by atoms with Gasteiger partial charge in [0.05, 0.1) is 11.9 Å². The summed E-state index contributed by atoms with van der Waals surface area (Å²) in [6, 6.07) is 0. The van der Waals surface area contributed by atoms with E-state index in [1.807, 2.05) is 18.0 Å². The Balaban J connectivity index is 1.85. The third-order valence-corrected chi connectivity index (χ3v) is 2.90. The highest BCUT2D eigenvalue weighted by atomic mass is 16.2. The lowest BCUT2D eigenvalue weighted by molar-refractivity contribution is -0.130. The molecule has 1 fully saturated rings. The Morgan fingerprint density at radius 3 is 2.94 bits per heavy atom. The zero-order valence-electron chi connectivity index (χ0n) is 10.2. The summed E-state index contributed by atoms with van der Waals surface area (Å²) >= 11 is 0. The van der Waals surface area contributed by atoms with Gasteiger partial charge in [-0.2, -0.15) is 0 Å². The molecule has 0 unspecified atom stereocenters. The predicted molar refractivity (Wildman–Crippen MR) is 63.2 cm³/mol. The lowest BCUT2D eigenvalue weighted by Gasteiger charge is -2.14. The molecule has 0 radical (unpaired) electrons. The average molecular weight is 237 g/mol. The van der Waals surface area contributed by atoms with Crippen LogP contribution in [-0.4, -0.2) is 45.4 Å². The van der Waals surface area contributed by atoms with Gasteiger partial charge in [0.1, 0.15) is 6.54 Å². The Morgan fingerprint density at radius 2 is 2.24 bits per heavy atom. The minimum absolute atomic E-state index is 0.141. The molecule has 0 bridgehead atoms. The van der Waals surface area contributed by atoms with E-state index in [4.69, 9.17) is 0 Å². The van der Waals surface area contributed by atoms with Gasteiger partial charge in [0.2, 0.25) is 5.91 Å². The first-order valence-electron chi connectivity index (χ1n) is 6.17. The van der Waals surface area contributed by atoms with Gasteiger partial charge in [-0.15, -0.1) is 5.10 Å². The fourth-order valence-electron chi connectivity index (χ4n) is 1.95. The van der Waals surface area contributed by atoms with E-state index in [1.54, 1.807) is 4.68 Å². The van der Waals surface area contributed by atoms with E-state index in [2.05, 4.69) is 15.6 Å². The summed E-state index contributed by atoms with van der Waals surface area (Å²) in [6.07, 6.45) is 4.07. The lowest BCUT2D eigenvalue weighted by atomic mass is 10.4. The van der Waals surface area contributed by atoms with E-state index >= 15 is 0 Å². The molecule has 1 aliphatic rings. The molecule has 2 rings (SSSR count). The van der Waals surface area contributed by atoms with Crippen molar-refractivity contribution in [1.82, 2.24) is 25.2 Å². The van der Waals surface area contributed by atoms with Gasteiger partial charge < -0.3 is 10.2 Å². The highest BCUT2D eigenvalue weighted by Gasteiger charge is 2.18. The van der Waals surface area contributed by atoms with Crippen LogP contribution in [0.1, 0.15) is 25.5 Å². The molecule has 0 aromatic carbocycles. The Morgan fingerprint density at radius 1 is 1.47 bits per heavy atom. The average Bonchev–Trinajstić information content (AvgIpc) is 2.97. The molecule has 0 spiro atoms. The molecule has 1 amide bonds. The molecule has 1 saturated heterocycles. The quantitative estimate of drug-likeness (QED) is 0.783. The van der Waals surface area contributed by atoms with Crippen LogP contribution in [0.25, 0.3) is 0 Å². The maximum atomic E-state index is 11.9. The summed E-state index contributed by atoms with van der Waals surface area (Å²) in [5.74, 6) is 0.141. The minimum Gasteiger partial charge on any atom is -0.341 e. The number of carbonyl (C=O) groups is 1. The van der Waals surface area contributed by atoms with Gasteiger partial charge in [-0.05, 0) is 19.4 Å². The van der Waals surface area contributed by atoms with Gasteiger partial charge in [-0.25, -0.2) is 4.68 Å². The summed E-state index contributed by atoms with van der Waals surface area (Å²) in [6.45, 7) is 5.73. The van der Waals surface area contributed by atoms with E-state index < -0.39 is 0 Å². The van der Waals surface area contributed by atoms with E-state index in [-0.39, 0.29) is 5.91 Å². The molecule has 0 aliphatic carbocycles. The largest absolute Gasteiger partial charge is 0.341 e. The summed E-state index contributed by atoms with van der Waals surface area (Å²) < 4.78 is 1.62. The van der Waals surface area contributed by atoms with Crippen LogP contribution in [0.5, 0.6) is 0 Å². The standard InChI is InChI=1S/C11H19N5O/c1-2-12-7-10-8-16(14-13-10)9-11(17)15-5-3-4-6-15/h8,12H,2-7,9H2,1H3. The molecule has 0 atom stereocenters. The van der Waals surface area contributed by atoms with Crippen LogP contribution in [0.15, 0.2) is 6.20 Å². The van der Waals surface area contributed by atoms with Crippen LogP contribution in [0.3, 0.4) is 0 Å². The number of nitrogens with one attached hydrogen (secondary N) is 1. The SMILES string of the molecule is CCNCc1cn(CC(=O)N2CCCC2)nn1. The van der Waals surface area contributed by atoms with E-state index in [0.29, 0.717) is 13.1 Å². The number of amides is 1. The van der Waals surface area contributed by atoms with Gasteiger partial charge in [0.25, 0.3) is 0 Å². The van der Waals surface area contributed by atoms with Crippen LogP contribution in [-0.2, 0) is 17.9 Å². The van der Waals surface area contributed by atoms with Crippen molar-refractivity contribution >= 4 is 5.91 Å². The van der Waals surface area contributed by atoms with E-state index in [0.717, 1.165) is 38.2 Å². The van der Waals surface area contributed by atoms with Crippen molar-refractivity contribution in [3.05, 3.63) is 11.9 Å². The second-order valence-corrected chi connectivity index (χ2v) is 4.28. The highest BCUT2D eigenvalue weighted by molar-refractivity contribution is 5.76. The van der Waals surface area contributed by atoms with Crippen LogP contribution < -0.4 is 5.32 Å². The third kappa shape index (κ3) is 3.26. The Kier molecular flexibility index (Phi) is 4.08. The van der Waals surface area contributed by atoms with Crippen molar-refractivity contribution in [2.75, 3.05) is 19.6 Å². The number of carbonyl (C=O) groups excluding carboxylic acids is 1. The molecule has 1 aromatic heterocycles. The Hall–Kier alpha value is -1.43. The molecule has 1 aliphatic heterocycles. The Bertz CT molecular complexity index is 370. The lowest BCUT2D eigenvalue weighted by Crippen LogP contribution is -2.31. The first kappa shape index (κ1) is 12.0. The van der Waals surface area contributed by atoms with Gasteiger partial charge in [-0.3, -0.25) is 4.79 Å². The number of hydrogen-bond acceptors (Lipinski definition) is 4. The maximum absolute atomic E-state index is 11.9. The van der Waals surface area contributed by atoms with Gasteiger partial charge >= 0.3 is 0 Å². The first-order chi connectivity index (χ1) is 8.29. The third-order valence-electron chi connectivity index (χ3n) is 2.90. The molecule has 2 heterocycles. The summed E-state index contributed by atoms with van der Waals surface area (Å²) in [5, 5.41) is 11.1. The maximum Gasteiger partial charge on any atom is 0.244 e. The van der Waals surface area contributed by atoms with Crippen molar-refractivity contribution in [1.29, 1.82) is 0 Å². The van der Waals surface area contributed by atoms with Crippen molar-refractivity contribution in [2.45, 2.75) is 32.9 Å². The molecular formula is C11H19N5O. The fraction of sp³-hybridized carbons (Fsp3) is 0.727. The first-order valence-corrected chi connectivity index (χ1v) is 6.17. The van der Waals surface area contributed by atoms with E-state index in [1.165, 1.54) is 0 Å². The van der Waals surface area contributed by atoms with Crippen LogP contribution in [0, 0.1) is 0 Å². The molecule has 1 aromatic rings. The molecule has 0 saturated carbocycles. The monoisotopic (exact) mass is 237 g/mol. The van der Waals surface area contributed by atoms with Gasteiger partial charge in [0.15, 0.2) is 0 Å². The molecule has 6 nitrogen and oxygen atoms in total. The van der Waals surface area contributed by atoms with Crippen LogP contribution in [0.2, 0.25) is 0 Å². The fourth-order valence-corrected chi connectivity index (χ4v) is 1.95. The van der Waals surface area contributed by atoms with Crippen molar-refractivity contribution in [3.63, 3.8) is 0 Å². The van der Waals surface area contributed by atoms with Crippen LogP contribution in [0.4, 0.5) is 0 Å². The van der Waals surface area contributed by atoms with Gasteiger partial charge in [-0.1, -0.05) is 12.1 Å². The van der Waals surface area contributed by atoms with Crippen molar-refractivity contribution in [2.24, 2.45) is 0 Å². The zero-order valence-corrected chi connectivity index (χ0v) is 10.2. The molecule has 94 valence electrons. The number of hydrogen-bond donors (Lipinski definition) is 1. The number of rotatable bonds is 5. The van der Waals surface area contributed by atoms with Crippen molar-refractivity contribution < 1.29 is 4.79 Å². The summed E-state index contributed by atoms with van der Waals surface area (Å²) in [4.78, 5) is 13.8. The number of likely N-dealkylation sites (tertiary alicyclic amines) is 1.